The van der Waals surface area contributed by atoms with E-state index in [0.717, 1.165) is 48.1 Å². The van der Waals surface area contributed by atoms with Gasteiger partial charge < -0.3 is 10.6 Å². The Hall–Kier alpha value is -2.62. The highest BCUT2D eigenvalue weighted by Gasteiger charge is 2.30. The molecule has 1 atom stereocenters. The van der Waals surface area contributed by atoms with Crippen LogP contribution in [-0.4, -0.2) is 11.8 Å². The summed E-state index contributed by atoms with van der Waals surface area (Å²) >= 11 is 0. The fraction of sp³-hybridized carbons (Fsp3) is 0.417. The molecule has 0 aliphatic heterocycles. The Kier molecular flexibility index (Phi) is 6.50. The van der Waals surface area contributed by atoms with Crippen molar-refractivity contribution in [3.05, 3.63) is 65.2 Å². The fourth-order valence-electron chi connectivity index (χ4n) is 4.01. The molecule has 3 rings (SSSR count). The predicted molar refractivity (Wildman–Crippen MR) is 113 cm³/mol. The Morgan fingerprint density at radius 1 is 0.821 bits per heavy atom. The zero-order chi connectivity index (χ0) is 20.1. The zero-order valence-electron chi connectivity index (χ0n) is 17.0. The van der Waals surface area contributed by atoms with Crippen LogP contribution >= 0.6 is 0 Å². The zero-order valence-corrected chi connectivity index (χ0v) is 17.0. The van der Waals surface area contributed by atoms with Gasteiger partial charge in [-0.3, -0.25) is 9.59 Å². The molecule has 1 saturated carbocycles. The summed E-state index contributed by atoms with van der Waals surface area (Å²) in [6.45, 7) is 6.03. The van der Waals surface area contributed by atoms with E-state index in [1.54, 1.807) is 0 Å². The molecule has 0 bridgehead atoms. The minimum absolute atomic E-state index is 0.00115. The lowest BCUT2D eigenvalue weighted by Crippen LogP contribution is -2.36. The molecular weight excluding hydrogens is 348 g/mol. The molecule has 1 aliphatic carbocycles. The fourth-order valence-corrected chi connectivity index (χ4v) is 4.01. The van der Waals surface area contributed by atoms with Gasteiger partial charge >= 0.3 is 0 Å². The molecule has 148 valence electrons. The molecular formula is C24H30N2O2. The van der Waals surface area contributed by atoms with Gasteiger partial charge in [-0.1, -0.05) is 48.5 Å². The van der Waals surface area contributed by atoms with Crippen LogP contribution in [0.3, 0.4) is 0 Å². The highest BCUT2D eigenvalue weighted by molar-refractivity contribution is 5.94. The Bertz CT molecular complexity index is 804. The number of anilines is 1. The molecule has 1 fully saturated rings. The van der Waals surface area contributed by atoms with Gasteiger partial charge in [-0.2, -0.15) is 0 Å². The normalized spacial score (nSPS) is 20.2. The van der Waals surface area contributed by atoms with Gasteiger partial charge in [-0.15, -0.1) is 0 Å². The summed E-state index contributed by atoms with van der Waals surface area (Å²) in [5.74, 6) is 0.156. The summed E-state index contributed by atoms with van der Waals surface area (Å²) in [7, 11) is 0. The molecule has 1 unspecified atom stereocenters. The molecule has 0 radical (unpaired) electrons. The Labute approximate surface area is 167 Å². The van der Waals surface area contributed by atoms with Crippen molar-refractivity contribution in [1.82, 2.24) is 5.32 Å². The van der Waals surface area contributed by atoms with Crippen LogP contribution in [0.15, 0.2) is 48.5 Å². The molecule has 2 aromatic carbocycles. The van der Waals surface area contributed by atoms with Gasteiger partial charge in [0.15, 0.2) is 0 Å². The summed E-state index contributed by atoms with van der Waals surface area (Å²) in [5, 5.41) is 6.23. The molecule has 0 aromatic heterocycles. The van der Waals surface area contributed by atoms with Crippen LogP contribution in [0, 0.1) is 25.7 Å². The van der Waals surface area contributed by atoms with Gasteiger partial charge in [0.2, 0.25) is 11.8 Å². The van der Waals surface area contributed by atoms with Crippen molar-refractivity contribution in [2.24, 2.45) is 11.8 Å². The van der Waals surface area contributed by atoms with Gasteiger partial charge in [0.25, 0.3) is 0 Å². The number of hydrogen-bond donors (Lipinski definition) is 2. The second-order valence-corrected chi connectivity index (χ2v) is 7.95. The SMILES string of the molecule is Cc1cccc(C)c1NC(=O)C1CCC(C(=O)NC(C)c2ccccc2)CC1. The maximum Gasteiger partial charge on any atom is 0.227 e. The van der Waals surface area contributed by atoms with E-state index in [2.05, 4.69) is 10.6 Å². The maximum absolute atomic E-state index is 12.7. The van der Waals surface area contributed by atoms with Crippen LogP contribution in [-0.2, 0) is 9.59 Å². The first-order valence-electron chi connectivity index (χ1n) is 10.2. The minimum atomic E-state index is -0.0189. The number of hydrogen-bond acceptors (Lipinski definition) is 2. The van der Waals surface area contributed by atoms with Crippen molar-refractivity contribution >= 4 is 17.5 Å². The van der Waals surface area contributed by atoms with E-state index in [0.29, 0.717) is 0 Å². The molecule has 0 spiro atoms. The Balaban J connectivity index is 1.51. The number of benzene rings is 2. The first-order chi connectivity index (χ1) is 13.5. The van der Waals surface area contributed by atoms with Crippen molar-refractivity contribution in [3.63, 3.8) is 0 Å². The second kappa shape index (κ2) is 9.05. The third-order valence-electron chi connectivity index (χ3n) is 5.86. The Morgan fingerprint density at radius 2 is 1.36 bits per heavy atom. The van der Waals surface area contributed by atoms with Gasteiger partial charge in [0.1, 0.15) is 0 Å². The molecule has 2 N–H and O–H groups in total. The van der Waals surface area contributed by atoms with Gasteiger partial charge in [-0.25, -0.2) is 0 Å². The second-order valence-electron chi connectivity index (χ2n) is 7.95. The maximum atomic E-state index is 12.7. The van der Waals surface area contributed by atoms with E-state index in [1.165, 1.54) is 0 Å². The highest BCUT2D eigenvalue weighted by Crippen LogP contribution is 2.31. The van der Waals surface area contributed by atoms with Crippen LogP contribution in [0.4, 0.5) is 5.69 Å². The summed E-state index contributed by atoms with van der Waals surface area (Å²) in [6.07, 6.45) is 3.04. The van der Waals surface area contributed by atoms with Crippen molar-refractivity contribution < 1.29 is 9.59 Å². The Morgan fingerprint density at radius 3 is 1.93 bits per heavy atom. The molecule has 4 nitrogen and oxygen atoms in total. The standard InChI is InChI=1S/C24H30N2O2/c1-16-8-7-9-17(2)22(16)26-24(28)21-14-12-20(13-15-21)23(27)25-18(3)19-10-5-4-6-11-19/h4-11,18,20-21H,12-15H2,1-3H3,(H,25,27)(H,26,28). The van der Waals surface area contributed by atoms with Crippen molar-refractivity contribution in [2.45, 2.75) is 52.5 Å². The molecule has 1 aliphatic rings. The topological polar surface area (TPSA) is 58.2 Å². The first kappa shape index (κ1) is 20.1. The number of nitrogens with one attached hydrogen (secondary N) is 2. The number of carbonyl (C=O) groups excluding carboxylic acids is 2. The smallest absolute Gasteiger partial charge is 0.227 e. The lowest BCUT2D eigenvalue weighted by Gasteiger charge is -2.28. The molecule has 2 amide bonds. The van der Waals surface area contributed by atoms with Gasteiger partial charge in [0, 0.05) is 17.5 Å². The number of carbonyl (C=O) groups is 2. The van der Waals surface area contributed by atoms with E-state index in [1.807, 2.05) is 69.3 Å². The van der Waals surface area contributed by atoms with Gasteiger partial charge in [-0.05, 0) is 63.1 Å². The largest absolute Gasteiger partial charge is 0.349 e. The van der Waals surface area contributed by atoms with Crippen LogP contribution in [0.2, 0.25) is 0 Å². The van der Waals surface area contributed by atoms with E-state index in [-0.39, 0.29) is 29.7 Å². The van der Waals surface area contributed by atoms with E-state index < -0.39 is 0 Å². The third kappa shape index (κ3) is 4.80. The average Bonchev–Trinajstić information content (AvgIpc) is 2.71. The van der Waals surface area contributed by atoms with Crippen LogP contribution < -0.4 is 10.6 Å². The lowest BCUT2D eigenvalue weighted by atomic mass is 9.81. The molecule has 0 saturated heterocycles. The van der Waals surface area contributed by atoms with E-state index >= 15 is 0 Å². The van der Waals surface area contributed by atoms with Crippen LogP contribution in [0.25, 0.3) is 0 Å². The quantitative estimate of drug-likeness (QED) is 0.775. The van der Waals surface area contributed by atoms with Crippen LogP contribution in [0.5, 0.6) is 0 Å². The third-order valence-corrected chi connectivity index (χ3v) is 5.86. The molecule has 2 aromatic rings. The number of rotatable bonds is 5. The first-order valence-corrected chi connectivity index (χ1v) is 10.2. The molecule has 0 heterocycles. The summed E-state index contributed by atoms with van der Waals surface area (Å²) in [6, 6.07) is 16.0. The predicted octanol–water partition coefficient (Wildman–Crippen LogP) is 4.93. The van der Waals surface area contributed by atoms with Crippen molar-refractivity contribution in [1.29, 1.82) is 0 Å². The van der Waals surface area contributed by atoms with Crippen molar-refractivity contribution in [2.75, 3.05) is 5.32 Å². The molecule has 28 heavy (non-hydrogen) atoms. The summed E-state index contributed by atoms with van der Waals surface area (Å²) in [4.78, 5) is 25.3. The summed E-state index contributed by atoms with van der Waals surface area (Å²) in [5.41, 5.74) is 4.19. The number of para-hydroxylation sites is 1. The minimum Gasteiger partial charge on any atom is -0.349 e. The number of amides is 2. The monoisotopic (exact) mass is 378 g/mol. The van der Waals surface area contributed by atoms with Gasteiger partial charge in [0.05, 0.1) is 6.04 Å². The number of aryl methyl sites for hydroxylation is 2. The van der Waals surface area contributed by atoms with Crippen molar-refractivity contribution in [3.8, 4) is 0 Å². The van der Waals surface area contributed by atoms with E-state index in [9.17, 15) is 9.59 Å². The summed E-state index contributed by atoms with van der Waals surface area (Å²) < 4.78 is 0. The van der Waals surface area contributed by atoms with E-state index in [4.69, 9.17) is 0 Å². The van der Waals surface area contributed by atoms with Crippen LogP contribution in [0.1, 0.15) is 55.3 Å². The molecule has 4 heteroatoms. The average molecular weight is 379 g/mol. The lowest BCUT2D eigenvalue weighted by molar-refractivity contribution is -0.129. The highest BCUT2D eigenvalue weighted by atomic mass is 16.2.